The minimum Gasteiger partial charge on any atom is -0.497 e. The summed E-state index contributed by atoms with van der Waals surface area (Å²) < 4.78 is 14.0. The number of amidine groups is 1. The number of aliphatic hydroxyl groups excluding tert-OH is 1. The molecule has 3 aliphatic rings. The first-order chi connectivity index (χ1) is 42.4. The second-order valence-corrected chi connectivity index (χ2v) is 24.6. The van der Waals surface area contributed by atoms with Crippen molar-refractivity contribution in [2.75, 3.05) is 90.6 Å². The quantitative estimate of drug-likeness (QED) is 0.0478. The van der Waals surface area contributed by atoms with Gasteiger partial charge in [0.15, 0.2) is 5.65 Å². The summed E-state index contributed by atoms with van der Waals surface area (Å²) in [6.45, 7) is 13.4. The maximum absolute atomic E-state index is 15.1. The highest BCUT2D eigenvalue weighted by molar-refractivity contribution is 6.30. The van der Waals surface area contributed by atoms with E-state index >= 15 is 4.79 Å². The molecule has 0 aliphatic carbocycles. The molecule has 460 valence electrons. The van der Waals surface area contributed by atoms with E-state index in [4.69, 9.17) is 47.8 Å². The van der Waals surface area contributed by atoms with Crippen molar-refractivity contribution in [3.8, 4) is 33.9 Å². The fraction of sp³-hybridized carbons (Fsp3) is 0.443. The van der Waals surface area contributed by atoms with Gasteiger partial charge in [0, 0.05) is 98.8 Å². The van der Waals surface area contributed by atoms with Gasteiger partial charge in [0.05, 0.1) is 49.4 Å². The number of methoxy groups -OCH3 is 1. The third-order valence-electron chi connectivity index (χ3n) is 17.1. The Labute approximate surface area is 524 Å². The van der Waals surface area contributed by atoms with Crippen molar-refractivity contribution >= 4 is 52.4 Å². The third kappa shape index (κ3) is 16.2. The molecule has 5 aromatic carbocycles. The van der Waals surface area contributed by atoms with E-state index in [1.807, 2.05) is 101 Å². The second kappa shape index (κ2) is 30.8. The molecule has 2 atom stereocenters. The zero-order valence-electron chi connectivity index (χ0n) is 51.2. The van der Waals surface area contributed by atoms with Crippen LogP contribution in [0.4, 0.5) is 10.6 Å². The molecular formula is C70H86Cl2N10O5. The Kier molecular flexibility index (Phi) is 22.3. The number of anilines is 1. The normalized spacial score (nSPS) is 16.7. The lowest BCUT2D eigenvalue weighted by atomic mass is 9.93. The highest BCUT2D eigenvalue weighted by atomic mass is 35.5. The van der Waals surface area contributed by atoms with Gasteiger partial charge in [-0.15, -0.1) is 0 Å². The Morgan fingerprint density at radius 2 is 1.32 bits per heavy atom. The molecule has 2 saturated heterocycles. The van der Waals surface area contributed by atoms with Gasteiger partial charge in [-0.05, 0) is 105 Å². The Hall–Kier alpha value is -7.01. The van der Waals surface area contributed by atoms with Crippen LogP contribution in [0.1, 0.15) is 125 Å². The number of nitrogens with one attached hydrogen (secondary N) is 1. The predicted molar refractivity (Wildman–Crippen MR) is 351 cm³/mol. The van der Waals surface area contributed by atoms with Crippen LogP contribution in [0.2, 0.25) is 10.0 Å². The minimum absolute atomic E-state index is 0.0208. The molecule has 0 spiro atoms. The summed E-state index contributed by atoms with van der Waals surface area (Å²) in [6, 6.07) is 41.4. The number of piperazine rings is 2. The smallest absolute Gasteiger partial charge is 0.326 e. The first kappa shape index (κ1) is 63.0. The zero-order chi connectivity index (χ0) is 60.7. The van der Waals surface area contributed by atoms with Gasteiger partial charge in [-0.25, -0.2) is 9.78 Å². The van der Waals surface area contributed by atoms with Crippen molar-refractivity contribution in [2.24, 2.45) is 4.99 Å². The number of unbranched alkanes of at least 4 members (excludes halogenated alkanes) is 10. The van der Waals surface area contributed by atoms with E-state index in [0.29, 0.717) is 78.8 Å². The van der Waals surface area contributed by atoms with Crippen LogP contribution in [0.5, 0.6) is 11.5 Å². The molecule has 7 aromatic rings. The molecule has 0 radical (unpaired) electrons. The second-order valence-electron chi connectivity index (χ2n) is 23.7. The summed E-state index contributed by atoms with van der Waals surface area (Å²) >= 11 is 12.8. The number of nitrogens with zero attached hydrogens (tertiary/aromatic N) is 9. The van der Waals surface area contributed by atoms with Crippen molar-refractivity contribution in [3.05, 3.63) is 165 Å². The molecule has 0 bridgehead atoms. The summed E-state index contributed by atoms with van der Waals surface area (Å²) in [6.07, 6.45) is 14.1. The maximum Gasteiger partial charge on any atom is 0.326 e. The van der Waals surface area contributed by atoms with Gasteiger partial charge in [-0.2, -0.15) is 9.61 Å². The maximum atomic E-state index is 15.1. The van der Waals surface area contributed by atoms with Crippen LogP contribution in [0, 0.1) is 6.92 Å². The lowest BCUT2D eigenvalue weighted by Crippen LogP contribution is -2.55. The summed E-state index contributed by atoms with van der Waals surface area (Å²) in [4.78, 5) is 49.6. The van der Waals surface area contributed by atoms with Gasteiger partial charge in [-0.3, -0.25) is 24.5 Å². The molecule has 5 heterocycles. The number of aliphatic imine (C=N–C) groups is 1. The molecule has 2 aromatic heterocycles. The van der Waals surface area contributed by atoms with E-state index in [2.05, 4.69) is 81.5 Å². The number of rotatable bonds is 27. The lowest BCUT2D eigenvalue weighted by molar-refractivity contribution is -0.122. The van der Waals surface area contributed by atoms with E-state index in [0.717, 1.165) is 96.1 Å². The molecule has 2 fully saturated rings. The standard InChI is InChI=1S/C70H86Cl2N10O5/c1-50(2)87-62-47-59(86-4)33-34-60(62)68-75-66(54-25-29-57(71)30-26-54)67(55-27-31-58(72)32-28-55)81(68)70(85)80-42-38-78(39-43-80)49-63(84)73-35-18-13-11-9-7-5-6-8-10-12-15-20-52-21-19-24-56(46-52)61-48-64(79-40-36-77(37-41-79)44-45-83)82-69(74-61)65(51(3)76-82)53-22-16-14-17-23-53/h14,16-17,19,21-34,46-48,50,66-67,83H,5-13,15,18,20,35-45,49H2,1-4H3,(H,73,84)/t66-,67+/m0/s1. The fourth-order valence-corrected chi connectivity index (χ4v) is 12.7. The number of carbonyl (C=O) groups is 2. The number of carbonyl (C=O) groups excluding carboxylic acids is 2. The number of aliphatic hydroxyl groups is 1. The van der Waals surface area contributed by atoms with Crippen LogP contribution >= 0.6 is 23.2 Å². The summed E-state index contributed by atoms with van der Waals surface area (Å²) in [5.74, 6) is 2.78. The monoisotopic (exact) mass is 1220 g/mol. The van der Waals surface area contributed by atoms with Crippen LogP contribution in [-0.2, 0) is 11.2 Å². The number of β-amino-alcohol motifs (C(OH)–C–C–N with tert-alkyl or cyclic N) is 1. The van der Waals surface area contributed by atoms with E-state index in [1.54, 1.807) is 7.11 Å². The molecule has 17 heteroatoms. The third-order valence-corrected chi connectivity index (χ3v) is 17.6. The highest BCUT2D eigenvalue weighted by Gasteiger charge is 2.45. The van der Waals surface area contributed by atoms with Crippen LogP contribution in [-0.4, -0.2) is 149 Å². The molecule has 3 aliphatic heterocycles. The Morgan fingerprint density at radius 1 is 0.690 bits per heavy atom. The molecule has 87 heavy (non-hydrogen) atoms. The SMILES string of the molecule is COc1ccc(C2=N[C@@H](c3ccc(Cl)cc3)[C@@H](c3ccc(Cl)cc3)N2C(=O)N2CCN(CC(=O)NCCCCCCCCCCCCCc3cccc(-c4cc(N5CCN(CCO)CC5)n5nc(C)c(-c6ccccc6)c5n4)c3)CC2)c(OC(C)C)c1. The zero-order valence-corrected chi connectivity index (χ0v) is 52.7. The van der Waals surface area contributed by atoms with E-state index in [1.165, 1.54) is 63.4 Å². The van der Waals surface area contributed by atoms with E-state index in [9.17, 15) is 9.90 Å². The van der Waals surface area contributed by atoms with Crippen molar-refractivity contribution in [3.63, 3.8) is 0 Å². The molecule has 10 rings (SSSR count). The van der Waals surface area contributed by atoms with Gasteiger partial charge in [0.2, 0.25) is 5.91 Å². The van der Waals surface area contributed by atoms with Crippen molar-refractivity contribution in [1.29, 1.82) is 0 Å². The molecule has 0 saturated carbocycles. The highest BCUT2D eigenvalue weighted by Crippen LogP contribution is 2.46. The van der Waals surface area contributed by atoms with Gasteiger partial charge in [0.25, 0.3) is 0 Å². The first-order valence-electron chi connectivity index (χ1n) is 31.6. The van der Waals surface area contributed by atoms with Gasteiger partial charge in [0.1, 0.15) is 29.2 Å². The van der Waals surface area contributed by atoms with E-state index in [-0.39, 0.29) is 24.6 Å². The number of urea groups is 1. The first-order valence-corrected chi connectivity index (χ1v) is 32.3. The molecule has 2 N–H and O–H groups in total. The molecule has 3 amide bonds. The number of aryl methyl sites for hydroxylation is 2. The van der Waals surface area contributed by atoms with Crippen LogP contribution in [0.3, 0.4) is 0 Å². The average molecular weight is 1220 g/mol. The number of aromatic nitrogens is 3. The Bertz CT molecular complexity index is 3400. The topological polar surface area (TPSA) is 144 Å². The average Bonchev–Trinajstić information content (AvgIpc) is 1.79. The van der Waals surface area contributed by atoms with Crippen molar-refractivity contribution in [2.45, 2.75) is 116 Å². The molecule has 0 unspecified atom stereocenters. The largest absolute Gasteiger partial charge is 0.497 e. The lowest BCUT2D eigenvalue weighted by Gasteiger charge is -2.39. The number of amides is 3. The number of ether oxygens (including phenoxy) is 2. The van der Waals surface area contributed by atoms with Crippen molar-refractivity contribution < 1.29 is 24.2 Å². The number of benzene rings is 5. The van der Waals surface area contributed by atoms with Gasteiger partial charge in [-0.1, -0.05) is 154 Å². The van der Waals surface area contributed by atoms with Crippen LogP contribution < -0.4 is 19.7 Å². The summed E-state index contributed by atoms with van der Waals surface area (Å²) in [5.41, 5.74) is 9.97. The number of hydrogen-bond donors (Lipinski definition) is 2. The number of halogens is 2. The predicted octanol–water partition coefficient (Wildman–Crippen LogP) is 13.5. The van der Waals surface area contributed by atoms with Gasteiger partial charge < -0.3 is 29.7 Å². The fourth-order valence-electron chi connectivity index (χ4n) is 12.5. The number of fused-ring (bicyclic) bond motifs is 1. The molecular weight excluding hydrogens is 1130 g/mol. The summed E-state index contributed by atoms with van der Waals surface area (Å²) in [5, 5.41) is 19.0. The van der Waals surface area contributed by atoms with Crippen LogP contribution in [0.15, 0.2) is 132 Å². The van der Waals surface area contributed by atoms with Crippen LogP contribution in [0.25, 0.3) is 28.0 Å². The van der Waals surface area contributed by atoms with Gasteiger partial charge >= 0.3 is 6.03 Å². The van der Waals surface area contributed by atoms with E-state index < -0.39 is 12.1 Å². The Balaban J connectivity index is 0.632. The minimum atomic E-state index is -0.504. The van der Waals surface area contributed by atoms with Crippen molar-refractivity contribution in [1.82, 2.24) is 39.5 Å². The summed E-state index contributed by atoms with van der Waals surface area (Å²) in [7, 11) is 1.62. The number of hydrogen-bond acceptors (Lipinski definition) is 11. The Morgan fingerprint density at radius 3 is 1.98 bits per heavy atom. The molecule has 15 nitrogen and oxygen atoms in total.